The van der Waals surface area contributed by atoms with Gasteiger partial charge in [-0.1, -0.05) is 0 Å². The third kappa shape index (κ3) is 3.95. The SMILES string of the molecule is Cc1ncc(CNC(C)C(=O)NC(N)=O)s1. The Morgan fingerprint density at radius 2 is 2.31 bits per heavy atom. The van der Waals surface area contributed by atoms with Gasteiger partial charge in [0.15, 0.2) is 0 Å². The van der Waals surface area contributed by atoms with Crippen molar-refractivity contribution in [3.05, 3.63) is 16.1 Å². The van der Waals surface area contributed by atoms with Gasteiger partial charge in [-0.2, -0.15) is 0 Å². The minimum absolute atomic E-state index is 0.436. The van der Waals surface area contributed by atoms with Gasteiger partial charge in [0, 0.05) is 17.6 Å². The van der Waals surface area contributed by atoms with Crippen molar-refractivity contribution < 1.29 is 9.59 Å². The highest BCUT2D eigenvalue weighted by Gasteiger charge is 2.13. The Kier molecular flexibility index (Phi) is 4.39. The van der Waals surface area contributed by atoms with E-state index in [1.807, 2.05) is 12.2 Å². The predicted octanol–water partition coefficient (Wildman–Crippen LogP) is 0.125. The number of aromatic nitrogens is 1. The number of rotatable bonds is 4. The summed E-state index contributed by atoms with van der Waals surface area (Å²) >= 11 is 1.56. The number of primary amides is 1. The van der Waals surface area contributed by atoms with Gasteiger partial charge in [-0.25, -0.2) is 9.78 Å². The summed E-state index contributed by atoms with van der Waals surface area (Å²) in [7, 11) is 0. The van der Waals surface area contributed by atoms with Crippen LogP contribution in [0.4, 0.5) is 4.79 Å². The van der Waals surface area contributed by atoms with Gasteiger partial charge in [0.2, 0.25) is 5.91 Å². The number of imide groups is 1. The second-order valence-electron chi connectivity index (χ2n) is 3.30. The lowest BCUT2D eigenvalue weighted by Crippen LogP contribution is -2.46. The molecule has 0 spiro atoms. The Morgan fingerprint density at radius 1 is 1.62 bits per heavy atom. The minimum atomic E-state index is -0.840. The van der Waals surface area contributed by atoms with Crippen molar-refractivity contribution >= 4 is 23.3 Å². The summed E-state index contributed by atoms with van der Waals surface area (Å²) in [5.41, 5.74) is 4.84. The standard InChI is InChI=1S/C9H14N4O2S/c1-5(8(14)13-9(10)15)11-3-7-4-12-6(2)16-7/h4-5,11H,3H2,1-2H3,(H3,10,13,14,15). The number of nitrogens with one attached hydrogen (secondary N) is 2. The first-order valence-corrected chi connectivity index (χ1v) is 5.55. The van der Waals surface area contributed by atoms with Crippen LogP contribution in [0.15, 0.2) is 6.20 Å². The second-order valence-corrected chi connectivity index (χ2v) is 4.62. The molecule has 88 valence electrons. The van der Waals surface area contributed by atoms with Crippen molar-refractivity contribution in [3.8, 4) is 0 Å². The third-order valence-electron chi connectivity index (χ3n) is 1.89. The Hall–Kier alpha value is -1.47. The predicted molar refractivity (Wildman–Crippen MR) is 60.9 cm³/mol. The van der Waals surface area contributed by atoms with Gasteiger partial charge < -0.3 is 11.1 Å². The number of carbonyl (C=O) groups is 2. The summed E-state index contributed by atoms with van der Waals surface area (Å²) in [6.07, 6.45) is 1.76. The van der Waals surface area contributed by atoms with Gasteiger partial charge in [0.25, 0.3) is 0 Å². The number of aryl methyl sites for hydroxylation is 1. The van der Waals surface area contributed by atoms with E-state index in [0.717, 1.165) is 9.88 Å². The molecule has 0 bridgehead atoms. The maximum atomic E-state index is 11.3. The van der Waals surface area contributed by atoms with Crippen LogP contribution < -0.4 is 16.4 Å². The summed E-state index contributed by atoms with van der Waals surface area (Å²) in [5, 5.41) is 5.95. The zero-order chi connectivity index (χ0) is 12.1. The molecule has 1 atom stereocenters. The number of carbonyl (C=O) groups excluding carboxylic acids is 2. The van der Waals surface area contributed by atoms with Crippen LogP contribution in [0.5, 0.6) is 0 Å². The van der Waals surface area contributed by atoms with E-state index < -0.39 is 18.0 Å². The Labute approximate surface area is 97.2 Å². The molecule has 1 aromatic heterocycles. The first kappa shape index (κ1) is 12.6. The van der Waals surface area contributed by atoms with Crippen LogP contribution in [0.25, 0.3) is 0 Å². The van der Waals surface area contributed by atoms with Crippen LogP contribution in [0, 0.1) is 6.92 Å². The van der Waals surface area contributed by atoms with E-state index in [2.05, 4.69) is 10.3 Å². The third-order valence-corrected chi connectivity index (χ3v) is 2.80. The molecular weight excluding hydrogens is 228 g/mol. The monoisotopic (exact) mass is 242 g/mol. The smallest absolute Gasteiger partial charge is 0.318 e. The van der Waals surface area contributed by atoms with E-state index in [1.165, 1.54) is 0 Å². The lowest BCUT2D eigenvalue weighted by atomic mass is 10.3. The van der Waals surface area contributed by atoms with E-state index in [1.54, 1.807) is 24.5 Å². The van der Waals surface area contributed by atoms with Crippen molar-refractivity contribution in [2.75, 3.05) is 0 Å². The van der Waals surface area contributed by atoms with Crippen LogP contribution in [-0.4, -0.2) is 23.0 Å². The summed E-state index contributed by atoms with van der Waals surface area (Å²) in [4.78, 5) is 26.9. The van der Waals surface area contributed by atoms with Crippen LogP contribution in [0.1, 0.15) is 16.8 Å². The van der Waals surface area contributed by atoms with Gasteiger partial charge in [0.1, 0.15) is 0 Å². The topological polar surface area (TPSA) is 97.1 Å². The van der Waals surface area contributed by atoms with Crippen molar-refractivity contribution in [1.82, 2.24) is 15.6 Å². The van der Waals surface area contributed by atoms with Crippen molar-refractivity contribution in [2.24, 2.45) is 5.73 Å². The number of hydrogen-bond acceptors (Lipinski definition) is 5. The molecule has 6 nitrogen and oxygen atoms in total. The van der Waals surface area contributed by atoms with Gasteiger partial charge >= 0.3 is 6.03 Å². The van der Waals surface area contributed by atoms with Crippen LogP contribution >= 0.6 is 11.3 Å². The molecule has 0 aliphatic carbocycles. The molecule has 7 heteroatoms. The van der Waals surface area contributed by atoms with Crippen LogP contribution in [0.2, 0.25) is 0 Å². The number of urea groups is 1. The molecule has 0 aliphatic rings. The molecular formula is C9H14N4O2S. The molecule has 1 unspecified atom stereocenters. The van der Waals surface area contributed by atoms with Gasteiger partial charge in [0.05, 0.1) is 11.0 Å². The Bertz CT molecular complexity index is 391. The second kappa shape index (κ2) is 5.57. The summed E-state index contributed by atoms with van der Waals surface area (Å²) in [6, 6.07) is -1.32. The zero-order valence-electron chi connectivity index (χ0n) is 9.11. The fraction of sp³-hybridized carbons (Fsp3) is 0.444. The van der Waals surface area contributed by atoms with E-state index in [9.17, 15) is 9.59 Å². The largest absolute Gasteiger partial charge is 0.351 e. The molecule has 0 fully saturated rings. The highest BCUT2D eigenvalue weighted by atomic mass is 32.1. The maximum absolute atomic E-state index is 11.3. The summed E-state index contributed by atoms with van der Waals surface area (Å²) in [6.45, 7) is 4.11. The van der Waals surface area contributed by atoms with Crippen molar-refractivity contribution in [1.29, 1.82) is 0 Å². The molecule has 0 radical (unpaired) electrons. The molecule has 0 aliphatic heterocycles. The number of hydrogen-bond donors (Lipinski definition) is 3. The Morgan fingerprint density at radius 3 is 2.81 bits per heavy atom. The van der Waals surface area contributed by atoms with E-state index in [4.69, 9.17) is 5.73 Å². The number of amides is 3. The fourth-order valence-corrected chi connectivity index (χ4v) is 1.81. The average Bonchev–Trinajstić information content (AvgIpc) is 2.59. The molecule has 0 saturated carbocycles. The molecule has 1 aromatic rings. The molecule has 0 saturated heterocycles. The summed E-state index contributed by atoms with van der Waals surface area (Å²) in [5.74, 6) is -0.436. The molecule has 1 heterocycles. The quantitative estimate of drug-likeness (QED) is 0.698. The average molecular weight is 242 g/mol. The number of nitrogens with zero attached hydrogens (tertiary/aromatic N) is 1. The normalized spacial score (nSPS) is 12.1. The van der Waals surface area contributed by atoms with Gasteiger partial charge in [-0.3, -0.25) is 10.1 Å². The van der Waals surface area contributed by atoms with E-state index in [-0.39, 0.29) is 0 Å². The Balaban J connectivity index is 2.37. The van der Waals surface area contributed by atoms with Crippen LogP contribution in [0.3, 0.4) is 0 Å². The van der Waals surface area contributed by atoms with Crippen molar-refractivity contribution in [2.45, 2.75) is 26.4 Å². The minimum Gasteiger partial charge on any atom is -0.351 e. The van der Waals surface area contributed by atoms with E-state index >= 15 is 0 Å². The van der Waals surface area contributed by atoms with Crippen molar-refractivity contribution in [3.63, 3.8) is 0 Å². The molecule has 1 rings (SSSR count). The fourth-order valence-electron chi connectivity index (χ4n) is 1.06. The number of thiazole rings is 1. The highest BCUT2D eigenvalue weighted by Crippen LogP contribution is 2.10. The number of nitrogens with two attached hydrogens (primary N) is 1. The lowest BCUT2D eigenvalue weighted by molar-refractivity contribution is -0.121. The molecule has 16 heavy (non-hydrogen) atoms. The zero-order valence-corrected chi connectivity index (χ0v) is 9.93. The molecule has 0 aromatic carbocycles. The first-order chi connectivity index (χ1) is 7.49. The van der Waals surface area contributed by atoms with Crippen LogP contribution in [-0.2, 0) is 11.3 Å². The van der Waals surface area contributed by atoms with Gasteiger partial charge in [-0.05, 0) is 13.8 Å². The summed E-state index contributed by atoms with van der Waals surface area (Å²) < 4.78 is 0. The first-order valence-electron chi connectivity index (χ1n) is 4.74. The van der Waals surface area contributed by atoms with Gasteiger partial charge in [-0.15, -0.1) is 11.3 Å². The maximum Gasteiger partial charge on any atom is 0.318 e. The highest BCUT2D eigenvalue weighted by molar-refractivity contribution is 7.11. The molecule has 4 N–H and O–H groups in total. The van der Waals surface area contributed by atoms with E-state index in [0.29, 0.717) is 6.54 Å². The lowest BCUT2D eigenvalue weighted by Gasteiger charge is -2.11. The molecule has 3 amide bonds.